The van der Waals surface area contributed by atoms with Crippen LogP contribution in [0.4, 0.5) is 26.3 Å². The van der Waals surface area contributed by atoms with Gasteiger partial charge in [-0.15, -0.1) is 13.2 Å². The van der Waals surface area contributed by atoms with Gasteiger partial charge in [-0.2, -0.15) is 18.4 Å². The minimum atomic E-state index is -4.98. The molecule has 0 aromatic heterocycles. The Morgan fingerprint density at radius 3 is 2.33 bits per heavy atom. The minimum absolute atomic E-state index is 0.103. The fraction of sp³-hybridized carbons (Fsp3) is 0.250. The first-order valence-corrected chi connectivity index (χ1v) is 5.35. The van der Waals surface area contributed by atoms with Crippen LogP contribution in [0.3, 0.4) is 0 Å². The summed E-state index contributed by atoms with van der Waals surface area (Å²) in [6, 6.07) is 2.99. The predicted molar refractivity (Wildman–Crippen MR) is 57.3 cm³/mol. The zero-order chi connectivity index (χ0) is 15.8. The Kier molecular flexibility index (Phi) is 3.49. The van der Waals surface area contributed by atoms with E-state index in [1.54, 1.807) is 0 Å². The van der Waals surface area contributed by atoms with Crippen LogP contribution in [0.1, 0.15) is 11.1 Å². The molecule has 1 aromatic carbocycles. The summed E-state index contributed by atoms with van der Waals surface area (Å²) in [6.07, 6.45) is -10.4. The normalized spacial score (nSPS) is 17.7. The lowest BCUT2D eigenvalue weighted by atomic mass is 10.0. The number of fused-ring (bicyclic) bond motifs is 1. The van der Waals surface area contributed by atoms with Gasteiger partial charge in [-0.05, 0) is 12.1 Å². The van der Waals surface area contributed by atoms with Gasteiger partial charge in [-0.1, -0.05) is 6.08 Å². The molecule has 0 radical (unpaired) electrons. The van der Waals surface area contributed by atoms with Crippen molar-refractivity contribution in [2.45, 2.75) is 18.6 Å². The molecular weight excluding hydrogens is 304 g/mol. The Hall–Kier alpha value is -2.37. The lowest BCUT2D eigenvalue weighted by Gasteiger charge is -2.24. The van der Waals surface area contributed by atoms with Gasteiger partial charge in [0.05, 0.1) is 5.56 Å². The number of nitriles is 1. The number of hydrogen-bond donors (Lipinski definition) is 0. The van der Waals surface area contributed by atoms with Crippen molar-refractivity contribution in [1.29, 1.82) is 5.26 Å². The number of halogens is 6. The first kappa shape index (κ1) is 15.0. The van der Waals surface area contributed by atoms with Crippen LogP contribution in [0.2, 0.25) is 0 Å². The van der Waals surface area contributed by atoms with E-state index in [1.807, 2.05) is 0 Å². The molecule has 2 rings (SSSR count). The van der Waals surface area contributed by atoms with Crippen LogP contribution in [0.5, 0.6) is 11.5 Å². The smallest absolute Gasteiger partial charge is 0.475 e. The van der Waals surface area contributed by atoms with Crippen molar-refractivity contribution in [3.63, 3.8) is 0 Å². The predicted octanol–water partition coefficient (Wildman–Crippen LogP) is 3.79. The van der Waals surface area contributed by atoms with E-state index in [-0.39, 0.29) is 5.56 Å². The average Bonchev–Trinajstić information content (AvgIpc) is 2.34. The first-order chi connectivity index (χ1) is 9.60. The standard InChI is InChI=1S/C12H5F6NO2/c13-11(14,15)9-2-1-6-3-8(21-12(16,17)18)4-7(5-19)10(6)20-9/h1-4,9H. The molecule has 1 aliphatic rings. The van der Waals surface area contributed by atoms with E-state index in [0.717, 1.165) is 12.1 Å². The van der Waals surface area contributed by atoms with E-state index in [2.05, 4.69) is 9.47 Å². The van der Waals surface area contributed by atoms with Gasteiger partial charge in [0.2, 0.25) is 6.10 Å². The Morgan fingerprint density at radius 2 is 1.81 bits per heavy atom. The Labute approximate surface area is 114 Å². The van der Waals surface area contributed by atoms with Crippen LogP contribution in [0, 0.1) is 11.3 Å². The molecule has 0 saturated heterocycles. The molecule has 0 aliphatic carbocycles. The second kappa shape index (κ2) is 4.87. The van der Waals surface area contributed by atoms with Crippen LogP contribution in [-0.4, -0.2) is 18.6 Å². The fourth-order valence-corrected chi connectivity index (χ4v) is 1.69. The Bertz CT molecular complexity index is 626. The molecule has 1 aromatic rings. The summed E-state index contributed by atoms with van der Waals surface area (Å²) in [5, 5.41) is 8.83. The maximum Gasteiger partial charge on any atom is 0.573 e. The van der Waals surface area contributed by atoms with E-state index in [1.165, 1.54) is 6.07 Å². The highest BCUT2D eigenvalue weighted by molar-refractivity contribution is 5.67. The second-order valence-electron chi connectivity index (χ2n) is 3.99. The van der Waals surface area contributed by atoms with E-state index in [4.69, 9.17) is 5.26 Å². The molecule has 0 N–H and O–H groups in total. The highest BCUT2D eigenvalue weighted by Gasteiger charge is 2.42. The SMILES string of the molecule is N#Cc1cc(OC(F)(F)F)cc2c1OC(C(F)(F)F)C=C2. The number of nitrogens with zero attached hydrogens (tertiary/aromatic N) is 1. The molecule has 0 saturated carbocycles. The molecule has 1 aliphatic heterocycles. The van der Waals surface area contributed by atoms with Crippen molar-refractivity contribution in [2.75, 3.05) is 0 Å². The molecule has 0 fully saturated rings. The molecule has 1 unspecified atom stereocenters. The maximum absolute atomic E-state index is 12.5. The van der Waals surface area contributed by atoms with Gasteiger partial charge in [0.1, 0.15) is 17.6 Å². The third kappa shape index (κ3) is 3.39. The molecule has 21 heavy (non-hydrogen) atoms. The first-order valence-electron chi connectivity index (χ1n) is 5.35. The summed E-state index contributed by atoms with van der Waals surface area (Å²) in [5.41, 5.74) is -0.584. The van der Waals surface area contributed by atoms with Crippen molar-refractivity contribution >= 4 is 6.08 Å². The van der Waals surface area contributed by atoms with Crippen LogP contribution in [0.25, 0.3) is 6.08 Å². The van der Waals surface area contributed by atoms with Crippen molar-refractivity contribution in [3.05, 3.63) is 29.3 Å². The lowest BCUT2D eigenvalue weighted by molar-refractivity contribution is -0.274. The van der Waals surface area contributed by atoms with E-state index >= 15 is 0 Å². The zero-order valence-corrected chi connectivity index (χ0v) is 9.92. The minimum Gasteiger partial charge on any atom is -0.475 e. The number of hydrogen-bond acceptors (Lipinski definition) is 3. The summed E-state index contributed by atoms with van der Waals surface area (Å²) in [5.74, 6) is -1.15. The van der Waals surface area contributed by atoms with Crippen LogP contribution >= 0.6 is 0 Å². The topological polar surface area (TPSA) is 42.2 Å². The largest absolute Gasteiger partial charge is 0.573 e. The summed E-state index contributed by atoms with van der Waals surface area (Å²) >= 11 is 0. The van der Waals surface area contributed by atoms with Gasteiger partial charge in [-0.25, -0.2) is 0 Å². The molecule has 0 amide bonds. The molecule has 9 heteroatoms. The summed E-state index contributed by atoms with van der Waals surface area (Å²) in [7, 11) is 0. The fourth-order valence-electron chi connectivity index (χ4n) is 1.69. The second-order valence-corrected chi connectivity index (χ2v) is 3.99. The monoisotopic (exact) mass is 309 g/mol. The molecule has 0 spiro atoms. The van der Waals surface area contributed by atoms with E-state index in [9.17, 15) is 26.3 Å². The average molecular weight is 309 g/mol. The molecule has 0 bridgehead atoms. The third-order valence-corrected chi connectivity index (χ3v) is 2.46. The number of benzene rings is 1. The van der Waals surface area contributed by atoms with E-state index < -0.39 is 35.7 Å². The molecule has 112 valence electrons. The molecular formula is C12H5F6NO2. The van der Waals surface area contributed by atoms with Crippen LogP contribution in [-0.2, 0) is 0 Å². The Balaban J connectivity index is 2.42. The summed E-state index contributed by atoms with van der Waals surface area (Å²) in [6.45, 7) is 0. The van der Waals surface area contributed by atoms with Gasteiger partial charge >= 0.3 is 12.5 Å². The highest BCUT2D eigenvalue weighted by atomic mass is 19.4. The maximum atomic E-state index is 12.5. The molecule has 1 atom stereocenters. The molecule has 3 nitrogen and oxygen atoms in total. The quantitative estimate of drug-likeness (QED) is 0.741. The van der Waals surface area contributed by atoms with Gasteiger partial charge in [0, 0.05) is 11.6 Å². The van der Waals surface area contributed by atoms with Crippen molar-refractivity contribution in [2.24, 2.45) is 0 Å². The summed E-state index contributed by atoms with van der Waals surface area (Å²) < 4.78 is 82.3. The van der Waals surface area contributed by atoms with E-state index in [0.29, 0.717) is 12.1 Å². The van der Waals surface area contributed by atoms with Gasteiger partial charge in [-0.3, -0.25) is 0 Å². The van der Waals surface area contributed by atoms with Gasteiger partial charge in [0.25, 0.3) is 0 Å². The van der Waals surface area contributed by atoms with Gasteiger partial charge < -0.3 is 9.47 Å². The zero-order valence-electron chi connectivity index (χ0n) is 9.92. The number of ether oxygens (including phenoxy) is 2. The number of rotatable bonds is 1. The van der Waals surface area contributed by atoms with Crippen LogP contribution in [0.15, 0.2) is 18.2 Å². The lowest BCUT2D eigenvalue weighted by Crippen LogP contribution is -2.34. The van der Waals surface area contributed by atoms with Gasteiger partial charge in [0.15, 0.2) is 0 Å². The third-order valence-electron chi connectivity index (χ3n) is 2.46. The van der Waals surface area contributed by atoms with Crippen molar-refractivity contribution in [1.82, 2.24) is 0 Å². The van der Waals surface area contributed by atoms with Crippen LogP contribution < -0.4 is 9.47 Å². The molecule has 1 heterocycles. The highest BCUT2D eigenvalue weighted by Crippen LogP contribution is 2.38. The summed E-state index contributed by atoms with van der Waals surface area (Å²) in [4.78, 5) is 0. The van der Waals surface area contributed by atoms with Crippen molar-refractivity contribution < 1.29 is 35.8 Å². The van der Waals surface area contributed by atoms with Crippen molar-refractivity contribution in [3.8, 4) is 17.6 Å². The Morgan fingerprint density at radius 1 is 1.14 bits per heavy atom. The number of alkyl halides is 6.